The zero-order valence-corrected chi connectivity index (χ0v) is 21.1. The molecule has 0 unspecified atom stereocenters. The molecular weight excluding hydrogens is 471 g/mol. The maximum atomic E-state index is 13.6. The van der Waals surface area contributed by atoms with Crippen molar-refractivity contribution in [1.82, 2.24) is 10.2 Å². The van der Waals surface area contributed by atoms with Crippen molar-refractivity contribution in [2.75, 3.05) is 13.7 Å². The number of ether oxygens (including phenoxy) is 2. The van der Waals surface area contributed by atoms with Crippen molar-refractivity contribution in [2.45, 2.75) is 50.7 Å². The van der Waals surface area contributed by atoms with Crippen LogP contribution in [0.2, 0.25) is 0 Å². The van der Waals surface area contributed by atoms with E-state index in [1.54, 1.807) is 48.4 Å². The number of nitrogens with zero attached hydrogens (tertiary/aromatic N) is 1. The molecule has 0 heterocycles. The highest BCUT2D eigenvalue weighted by Gasteiger charge is 2.32. The van der Waals surface area contributed by atoms with Crippen molar-refractivity contribution in [3.05, 3.63) is 95.8 Å². The molecule has 6 nitrogen and oxygen atoms in total. The fourth-order valence-corrected chi connectivity index (χ4v) is 4.61. The van der Waals surface area contributed by atoms with Crippen LogP contribution in [0.15, 0.2) is 78.9 Å². The van der Waals surface area contributed by atoms with E-state index in [1.165, 1.54) is 12.1 Å². The van der Waals surface area contributed by atoms with Crippen molar-refractivity contribution in [3.63, 3.8) is 0 Å². The van der Waals surface area contributed by atoms with Gasteiger partial charge >= 0.3 is 0 Å². The van der Waals surface area contributed by atoms with Gasteiger partial charge in [0, 0.05) is 19.0 Å². The lowest BCUT2D eigenvalue weighted by Gasteiger charge is -2.32. The normalized spacial score (nSPS) is 14.1. The Morgan fingerprint density at radius 2 is 1.57 bits per heavy atom. The van der Waals surface area contributed by atoms with E-state index in [4.69, 9.17) is 9.47 Å². The van der Waals surface area contributed by atoms with Crippen LogP contribution in [0.3, 0.4) is 0 Å². The van der Waals surface area contributed by atoms with Crippen LogP contribution in [0.4, 0.5) is 4.39 Å². The average Bonchev–Trinajstić information content (AvgIpc) is 3.44. The average molecular weight is 505 g/mol. The number of hydrogen-bond donors (Lipinski definition) is 1. The Morgan fingerprint density at radius 1 is 0.919 bits per heavy atom. The maximum absolute atomic E-state index is 13.6. The highest BCUT2D eigenvalue weighted by molar-refractivity contribution is 5.88. The fraction of sp³-hybridized carbons (Fsp3) is 0.333. The number of benzene rings is 3. The Bertz CT molecular complexity index is 1150. The van der Waals surface area contributed by atoms with E-state index in [0.717, 1.165) is 36.8 Å². The lowest BCUT2D eigenvalue weighted by molar-refractivity contribution is -0.143. The second kappa shape index (κ2) is 12.9. The van der Waals surface area contributed by atoms with Crippen LogP contribution in [0, 0.1) is 5.82 Å². The van der Waals surface area contributed by atoms with Gasteiger partial charge in [-0.15, -0.1) is 0 Å². The summed E-state index contributed by atoms with van der Waals surface area (Å²) in [6.45, 7) is -0.0871. The Balaban J connectivity index is 1.58. The largest absolute Gasteiger partial charge is 0.497 e. The van der Waals surface area contributed by atoms with Crippen LogP contribution in [-0.2, 0) is 22.6 Å². The monoisotopic (exact) mass is 504 g/mol. The molecule has 1 fully saturated rings. The number of amides is 2. The number of hydrogen-bond acceptors (Lipinski definition) is 4. The standard InChI is InChI=1S/C30H33FN2O4/c1-36-26-15-17-27(18-16-26)37-21-29(34)33(20-23-11-13-24(31)14-12-23)28(19-22-7-3-2-4-8-22)30(35)32-25-9-5-6-10-25/h2-4,7-8,11-18,25,28H,5-6,9-10,19-21H2,1H3,(H,32,35)/t28-/m0/s1. The lowest BCUT2D eigenvalue weighted by atomic mass is 10.0. The van der Waals surface area contributed by atoms with Gasteiger partial charge < -0.3 is 19.7 Å². The molecular formula is C30H33FN2O4. The minimum Gasteiger partial charge on any atom is -0.497 e. The first kappa shape index (κ1) is 26.2. The molecule has 1 saturated carbocycles. The van der Waals surface area contributed by atoms with E-state index in [-0.39, 0.29) is 36.8 Å². The van der Waals surface area contributed by atoms with Crippen LogP contribution in [0.1, 0.15) is 36.8 Å². The Hall–Kier alpha value is -3.87. The SMILES string of the molecule is COc1ccc(OCC(=O)N(Cc2ccc(F)cc2)[C@@H](Cc2ccccc2)C(=O)NC2CCCC2)cc1. The molecule has 3 aromatic carbocycles. The Morgan fingerprint density at radius 3 is 2.22 bits per heavy atom. The van der Waals surface area contributed by atoms with Gasteiger partial charge in [0.05, 0.1) is 7.11 Å². The van der Waals surface area contributed by atoms with E-state index in [9.17, 15) is 14.0 Å². The van der Waals surface area contributed by atoms with E-state index >= 15 is 0 Å². The molecule has 3 aromatic rings. The molecule has 0 aliphatic heterocycles. The van der Waals surface area contributed by atoms with Gasteiger partial charge in [0.1, 0.15) is 23.4 Å². The summed E-state index contributed by atoms with van der Waals surface area (Å²) in [4.78, 5) is 28.8. The van der Waals surface area contributed by atoms with Gasteiger partial charge in [-0.05, 0) is 60.4 Å². The van der Waals surface area contributed by atoms with E-state index in [2.05, 4.69) is 5.32 Å². The van der Waals surface area contributed by atoms with Crippen LogP contribution >= 0.6 is 0 Å². The predicted molar refractivity (Wildman–Crippen MR) is 140 cm³/mol. The van der Waals surface area contributed by atoms with E-state index in [0.29, 0.717) is 17.9 Å². The molecule has 7 heteroatoms. The molecule has 0 aromatic heterocycles. The highest BCUT2D eigenvalue weighted by atomic mass is 19.1. The zero-order valence-electron chi connectivity index (χ0n) is 21.1. The molecule has 1 aliphatic carbocycles. The quantitative estimate of drug-likeness (QED) is 0.403. The summed E-state index contributed by atoms with van der Waals surface area (Å²) >= 11 is 0. The third-order valence-electron chi connectivity index (χ3n) is 6.66. The van der Waals surface area contributed by atoms with Gasteiger partial charge in [0.25, 0.3) is 5.91 Å². The molecule has 1 atom stereocenters. The second-order valence-electron chi connectivity index (χ2n) is 9.31. The number of carbonyl (C=O) groups is 2. The van der Waals surface area contributed by atoms with Crippen LogP contribution in [-0.4, -0.2) is 42.5 Å². The summed E-state index contributed by atoms with van der Waals surface area (Å²) in [6, 6.07) is 22.0. The highest BCUT2D eigenvalue weighted by Crippen LogP contribution is 2.21. The fourth-order valence-electron chi connectivity index (χ4n) is 4.61. The van der Waals surface area contributed by atoms with Crippen LogP contribution in [0.5, 0.6) is 11.5 Å². The van der Waals surface area contributed by atoms with E-state index < -0.39 is 6.04 Å². The van der Waals surface area contributed by atoms with Gasteiger partial charge in [-0.2, -0.15) is 0 Å². The molecule has 0 bridgehead atoms. The van der Waals surface area contributed by atoms with Crippen molar-refractivity contribution in [1.29, 1.82) is 0 Å². The number of halogens is 1. The van der Waals surface area contributed by atoms with E-state index in [1.807, 2.05) is 30.3 Å². The molecule has 4 rings (SSSR count). The summed E-state index contributed by atoms with van der Waals surface area (Å²) in [5.41, 5.74) is 1.67. The molecule has 1 N–H and O–H groups in total. The number of methoxy groups -OCH3 is 1. The van der Waals surface area contributed by atoms with Crippen LogP contribution in [0.25, 0.3) is 0 Å². The topological polar surface area (TPSA) is 67.9 Å². The predicted octanol–water partition coefficient (Wildman–Crippen LogP) is 4.91. The van der Waals surface area contributed by atoms with Gasteiger partial charge in [-0.25, -0.2) is 4.39 Å². The summed E-state index contributed by atoms with van der Waals surface area (Å²) in [5.74, 6) is 0.330. The first-order chi connectivity index (χ1) is 18.0. The summed E-state index contributed by atoms with van der Waals surface area (Å²) in [7, 11) is 1.58. The molecule has 37 heavy (non-hydrogen) atoms. The zero-order chi connectivity index (χ0) is 26.0. The van der Waals surface area contributed by atoms with Crippen molar-refractivity contribution in [3.8, 4) is 11.5 Å². The number of carbonyl (C=O) groups excluding carboxylic acids is 2. The maximum Gasteiger partial charge on any atom is 0.261 e. The minimum atomic E-state index is -0.750. The molecule has 1 aliphatic rings. The Labute approximate surface area is 217 Å². The molecule has 0 spiro atoms. The van der Waals surface area contributed by atoms with Gasteiger partial charge in [-0.1, -0.05) is 55.3 Å². The van der Waals surface area contributed by atoms with Crippen molar-refractivity contribution in [2.24, 2.45) is 0 Å². The van der Waals surface area contributed by atoms with Crippen molar-refractivity contribution >= 4 is 11.8 Å². The third kappa shape index (κ3) is 7.56. The minimum absolute atomic E-state index is 0.115. The van der Waals surface area contributed by atoms with Gasteiger partial charge in [0.15, 0.2) is 6.61 Å². The lowest BCUT2D eigenvalue weighted by Crippen LogP contribution is -2.53. The van der Waals surface area contributed by atoms with Gasteiger partial charge in [-0.3, -0.25) is 9.59 Å². The van der Waals surface area contributed by atoms with Crippen molar-refractivity contribution < 1.29 is 23.5 Å². The first-order valence-electron chi connectivity index (χ1n) is 12.7. The van der Waals surface area contributed by atoms with Crippen LogP contribution < -0.4 is 14.8 Å². The van der Waals surface area contributed by atoms with Gasteiger partial charge in [0.2, 0.25) is 5.91 Å². The molecule has 194 valence electrons. The first-order valence-corrected chi connectivity index (χ1v) is 12.7. The summed E-state index contributed by atoms with van der Waals surface area (Å²) in [6.07, 6.45) is 4.41. The third-order valence-corrected chi connectivity index (χ3v) is 6.66. The second-order valence-corrected chi connectivity index (χ2v) is 9.31. The molecule has 0 saturated heterocycles. The number of rotatable bonds is 11. The smallest absolute Gasteiger partial charge is 0.261 e. The summed E-state index contributed by atoms with van der Waals surface area (Å²) < 4.78 is 24.5. The molecule has 0 radical (unpaired) electrons. The summed E-state index contributed by atoms with van der Waals surface area (Å²) in [5, 5.41) is 3.17. The Kier molecular flexibility index (Phi) is 9.13. The number of nitrogens with one attached hydrogen (secondary N) is 1. The molecule has 2 amide bonds.